The fourth-order valence-corrected chi connectivity index (χ4v) is 3.71. The van der Waals surface area contributed by atoms with E-state index in [0.29, 0.717) is 43.9 Å². The van der Waals surface area contributed by atoms with Gasteiger partial charge in [-0.3, -0.25) is 4.79 Å². The van der Waals surface area contributed by atoms with E-state index in [1.165, 1.54) is 7.11 Å². The Kier molecular flexibility index (Phi) is 6.73. The molecule has 4 nitrogen and oxygen atoms in total. The second kappa shape index (κ2) is 9.01. The van der Waals surface area contributed by atoms with Gasteiger partial charge in [0.05, 0.1) is 18.2 Å². The smallest absolute Gasteiger partial charge is 0.416 e. The monoisotopic (exact) mass is 461 g/mol. The van der Waals surface area contributed by atoms with Gasteiger partial charge < -0.3 is 14.8 Å². The van der Waals surface area contributed by atoms with Gasteiger partial charge in [0.25, 0.3) is 5.91 Å². The van der Waals surface area contributed by atoms with Crippen LogP contribution in [0.1, 0.15) is 39.9 Å². The molecule has 1 amide bonds. The molecule has 0 radical (unpaired) electrons. The molecule has 0 spiro atoms. The van der Waals surface area contributed by atoms with Crippen molar-refractivity contribution in [2.45, 2.75) is 30.6 Å². The van der Waals surface area contributed by atoms with E-state index in [-0.39, 0.29) is 12.6 Å². The number of carbonyl (C=O) groups is 1. The third-order valence-corrected chi connectivity index (χ3v) is 5.59. The predicted molar refractivity (Wildman–Crippen MR) is 104 cm³/mol. The summed E-state index contributed by atoms with van der Waals surface area (Å²) < 4.78 is 89.1. The lowest BCUT2D eigenvalue weighted by atomic mass is 9.74. The molecule has 174 valence electrons. The number of hydrogen-bond donors (Lipinski definition) is 1. The van der Waals surface area contributed by atoms with Crippen LogP contribution in [0.2, 0.25) is 0 Å². The Bertz CT molecular complexity index is 915. The first-order valence-corrected chi connectivity index (χ1v) is 9.75. The van der Waals surface area contributed by atoms with Gasteiger partial charge in [-0.15, -0.1) is 0 Å². The van der Waals surface area contributed by atoms with Crippen molar-refractivity contribution in [1.29, 1.82) is 0 Å². The number of halogens is 6. The molecule has 1 aliphatic heterocycles. The molecule has 0 aromatic heterocycles. The maximum absolute atomic E-state index is 13.1. The van der Waals surface area contributed by atoms with Crippen molar-refractivity contribution in [1.82, 2.24) is 5.32 Å². The molecule has 10 heteroatoms. The van der Waals surface area contributed by atoms with Gasteiger partial charge in [-0.2, -0.15) is 26.3 Å². The molecular formula is C22H21F6NO3. The minimum Gasteiger partial charge on any atom is -0.497 e. The minimum absolute atomic E-state index is 0.00585. The minimum atomic E-state index is -5.03. The molecular weight excluding hydrogens is 440 g/mol. The average molecular weight is 461 g/mol. The molecule has 3 rings (SSSR count). The maximum Gasteiger partial charge on any atom is 0.416 e. The quantitative estimate of drug-likeness (QED) is 0.622. The molecule has 1 fully saturated rings. The molecule has 1 aliphatic rings. The molecule has 1 heterocycles. The van der Waals surface area contributed by atoms with Crippen molar-refractivity contribution < 1.29 is 40.6 Å². The van der Waals surface area contributed by atoms with Gasteiger partial charge in [0.1, 0.15) is 5.75 Å². The number of carbonyl (C=O) groups excluding carboxylic acids is 1. The molecule has 2 aromatic rings. The summed E-state index contributed by atoms with van der Waals surface area (Å²) in [5.41, 5.74) is -3.48. The molecule has 1 N–H and O–H groups in total. The van der Waals surface area contributed by atoms with Gasteiger partial charge in [0.2, 0.25) is 0 Å². The zero-order valence-corrected chi connectivity index (χ0v) is 17.1. The highest BCUT2D eigenvalue weighted by Crippen LogP contribution is 2.37. The highest BCUT2D eigenvalue weighted by molar-refractivity contribution is 5.94. The number of amides is 1. The molecule has 0 aliphatic carbocycles. The highest BCUT2D eigenvalue weighted by Gasteiger charge is 2.38. The van der Waals surface area contributed by atoms with E-state index in [9.17, 15) is 31.1 Å². The Balaban J connectivity index is 1.88. The van der Waals surface area contributed by atoms with Crippen LogP contribution in [0.15, 0.2) is 42.5 Å². The van der Waals surface area contributed by atoms with Gasteiger partial charge in [0, 0.05) is 30.7 Å². The van der Waals surface area contributed by atoms with Crippen LogP contribution in [0.3, 0.4) is 0 Å². The van der Waals surface area contributed by atoms with Gasteiger partial charge >= 0.3 is 12.4 Å². The number of rotatable bonds is 5. The van der Waals surface area contributed by atoms with Crippen molar-refractivity contribution in [3.05, 3.63) is 64.7 Å². The topological polar surface area (TPSA) is 47.6 Å². The van der Waals surface area contributed by atoms with Gasteiger partial charge in [-0.25, -0.2) is 0 Å². The lowest BCUT2D eigenvalue weighted by molar-refractivity contribution is -0.143. The second-order valence-electron chi connectivity index (χ2n) is 7.60. The molecule has 0 bridgehead atoms. The van der Waals surface area contributed by atoms with Crippen LogP contribution in [0.25, 0.3) is 0 Å². The van der Waals surface area contributed by atoms with Gasteiger partial charge in [-0.05, 0) is 48.7 Å². The summed E-state index contributed by atoms with van der Waals surface area (Å²) in [4.78, 5) is 12.6. The largest absolute Gasteiger partial charge is 0.497 e. The summed E-state index contributed by atoms with van der Waals surface area (Å²) in [5.74, 6) is -0.385. The van der Waals surface area contributed by atoms with E-state index >= 15 is 0 Å². The van der Waals surface area contributed by atoms with Crippen LogP contribution in [0, 0.1) is 0 Å². The summed E-state index contributed by atoms with van der Waals surface area (Å²) in [6.07, 6.45) is -9.01. The summed E-state index contributed by atoms with van der Waals surface area (Å²) >= 11 is 0. The molecule has 2 aromatic carbocycles. The number of alkyl halides is 6. The fraction of sp³-hybridized carbons (Fsp3) is 0.409. The Morgan fingerprint density at radius 2 is 1.50 bits per heavy atom. The van der Waals surface area contributed by atoms with E-state index in [1.807, 2.05) is 12.1 Å². The zero-order valence-electron chi connectivity index (χ0n) is 17.1. The standard InChI is InChI=1S/C22H21F6NO3/c1-31-18-4-2-15(3-5-18)20(6-8-32-9-7-20)13-29-19(30)14-10-16(21(23,24)25)12-17(11-14)22(26,27)28/h2-5,10-12H,6-9,13H2,1H3,(H,29,30). The van der Waals surface area contributed by atoms with Crippen LogP contribution in [-0.4, -0.2) is 32.8 Å². The van der Waals surface area contributed by atoms with Crippen LogP contribution < -0.4 is 10.1 Å². The fourth-order valence-electron chi connectivity index (χ4n) is 3.71. The van der Waals surface area contributed by atoms with Crippen molar-refractivity contribution >= 4 is 5.91 Å². The third-order valence-electron chi connectivity index (χ3n) is 5.59. The van der Waals surface area contributed by atoms with E-state index in [1.54, 1.807) is 12.1 Å². The first kappa shape index (κ1) is 23.9. The Labute approximate surface area is 180 Å². The third kappa shape index (κ3) is 5.35. The molecule has 0 saturated carbocycles. The average Bonchev–Trinajstić information content (AvgIpc) is 2.76. The van der Waals surface area contributed by atoms with Crippen LogP contribution in [-0.2, 0) is 22.5 Å². The lowest BCUT2D eigenvalue weighted by Gasteiger charge is -2.38. The molecule has 0 unspecified atom stereocenters. The normalized spacial score (nSPS) is 16.5. The number of ether oxygens (including phenoxy) is 2. The summed E-state index contributed by atoms with van der Waals surface area (Å²) in [6, 6.07) is 7.98. The van der Waals surface area contributed by atoms with E-state index in [0.717, 1.165) is 5.56 Å². The lowest BCUT2D eigenvalue weighted by Crippen LogP contribution is -2.44. The number of hydrogen-bond acceptors (Lipinski definition) is 3. The van der Waals surface area contributed by atoms with Crippen molar-refractivity contribution in [3.63, 3.8) is 0 Å². The van der Waals surface area contributed by atoms with Gasteiger partial charge in [-0.1, -0.05) is 12.1 Å². The predicted octanol–water partition coefficient (Wildman–Crippen LogP) is 5.21. The number of benzene rings is 2. The number of methoxy groups -OCH3 is 1. The zero-order chi connectivity index (χ0) is 23.6. The highest BCUT2D eigenvalue weighted by atomic mass is 19.4. The number of nitrogens with one attached hydrogen (secondary N) is 1. The van der Waals surface area contributed by atoms with Gasteiger partial charge in [0.15, 0.2) is 0 Å². The first-order valence-electron chi connectivity index (χ1n) is 9.75. The summed E-state index contributed by atoms with van der Waals surface area (Å²) in [5, 5.41) is 2.53. The Morgan fingerprint density at radius 3 is 1.97 bits per heavy atom. The van der Waals surface area contributed by atoms with Crippen LogP contribution in [0.4, 0.5) is 26.3 Å². The van der Waals surface area contributed by atoms with Crippen molar-refractivity contribution in [2.24, 2.45) is 0 Å². The Hall–Kier alpha value is -2.75. The molecule has 1 saturated heterocycles. The van der Waals surface area contributed by atoms with E-state index in [4.69, 9.17) is 9.47 Å². The van der Waals surface area contributed by atoms with E-state index < -0.39 is 40.4 Å². The van der Waals surface area contributed by atoms with Crippen LogP contribution in [0.5, 0.6) is 5.75 Å². The summed E-state index contributed by atoms with van der Waals surface area (Å²) in [6.45, 7) is 0.840. The Morgan fingerprint density at radius 1 is 0.969 bits per heavy atom. The maximum atomic E-state index is 13.1. The van der Waals surface area contributed by atoms with Crippen LogP contribution >= 0.6 is 0 Å². The second-order valence-corrected chi connectivity index (χ2v) is 7.60. The van der Waals surface area contributed by atoms with Crippen molar-refractivity contribution in [3.8, 4) is 5.75 Å². The first-order chi connectivity index (χ1) is 14.9. The molecule has 0 atom stereocenters. The summed E-state index contributed by atoms with van der Waals surface area (Å²) in [7, 11) is 1.52. The van der Waals surface area contributed by atoms with Crippen molar-refractivity contribution in [2.75, 3.05) is 26.9 Å². The SMILES string of the molecule is COc1ccc(C2(CNC(=O)c3cc(C(F)(F)F)cc(C(F)(F)F)c3)CCOCC2)cc1. The molecule has 32 heavy (non-hydrogen) atoms. The van der Waals surface area contributed by atoms with E-state index in [2.05, 4.69) is 5.32 Å².